The highest BCUT2D eigenvalue weighted by molar-refractivity contribution is 5.78. The van der Waals surface area contributed by atoms with Crippen molar-refractivity contribution >= 4 is 10.9 Å². The van der Waals surface area contributed by atoms with Crippen LogP contribution < -0.4 is 11.2 Å². The first-order valence-electron chi connectivity index (χ1n) is 11.0. The quantitative estimate of drug-likeness (QED) is 0.357. The van der Waals surface area contributed by atoms with Crippen LogP contribution in [-0.4, -0.2) is 19.3 Å². The summed E-state index contributed by atoms with van der Waals surface area (Å²) >= 11 is 0. The minimum Gasteiger partial charge on any atom is -0.337 e. The minimum absolute atomic E-state index is 0.0586. The predicted molar refractivity (Wildman–Crippen MR) is 127 cm³/mol. The Balaban J connectivity index is 1.60. The lowest BCUT2D eigenvalue weighted by atomic mass is 10.1. The van der Waals surface area contributed by atoms with E-state index in [0.717, 1.165) is 27.8 Å². The van der Waals surface area contributed by atoms with Crippen LogP contribution in [0.1, 0.15) is 22.6 Å². The van der Waals surface area contributed by atoms with Gasteiger partial charge in [-0.3, -0.25) is 9.36 Å². The van der Waals surface area contributed by atoms with E-state index in [0.29, 0.717) is 22.2 Å². The molecule has 0 bridgehead atoms. The van der Waals surface area contributed by atoms with Gasteiger partial charge < -0.3 is 4.52 Å². The first kappa shape index (κ1) is 23.3. The molecule has 0 radical (unpaired) electrons. The molecule has 2 aromatic heterocycles. The van der Waals surface area contributed by atoms with E-state index < -0.39 is 23.0 Å². The van der Waals surface area contributed by atoms with Crippen LogP contribution in [0.2, 0.25) is 0 Å². The Morgan fingerprint density at radius 2 is 1.67 bits per heavy atom. The smallest absolute Gasteiger partial charge is 0.337 e. The van der Waals surface area contributed by atoms with Crippen LogP contribution in [0.3, 0.4) is 0 Å². The van der Waals surface area contributed by atoms with E-state index in [1.54, 1.807) is 30.3 Å². The molecule has 36 heavy (non-hydrogen) atoms. The summed E-state index contributed by atoms with van der Waals surface area (Å²) in [5, 5.41) is 4.19. The zero-order valence-corrected chi connectivity index (χ0v) is 19.2. The van der Waals surface area contributed by atoms with E-state index in [2.05, 4.69) is 10.1 Å². The number of hydrogen-bond acceptors (Lipinski definition) is 5. The molecular weight excluding hydrogens is 473 g/mol. The number of fused-ring (bicyclic) bond motifs is 1. The zero-order valence-electron chi connectivity index (χ0n) is 19.2. The Morgan fingerprint density at radius 1 is 0.944 bits per heavy atom. The third kappa shape index (κ3) is 4.10. The molecule has 0 amide bonds. The topological polar surface area (TPSA) is 82.9 Å². The van der Waals surface area contributed by atoms with Crippen LogP contribution in [0.5, 0.6) is 0 Å². The summed E-state index contributed by atoms with van der Waals surface area (Å²) in [6.07, 6.45) is -4.46. The summed E-state index contributed by atoms with van der Waals surface area (Å²) in [5.41, 5.74) is 1.02. The minimum atomic E-state index is -4.46. The van der Waals surface area contributed by atoms with Crippen molar-refractivity contribution in [1.82, 2.24) is 19.3 Å². The largest absolute Gasteiger partial charge is 0.416 e. The number of aromatic nitrogens is 4. The lowest BCUT2D eigenvalue weighted by Crippen LogP contribution is -2.39. The van der Waals surface area contributed by atoms with Gasteiger partial charge in [0.25, 0.3) is 5.56 Å². The zero-order chi connectivity index (χ0) is 25.6. The maximum absolute atomic E-state index is 13.6. The van der Waals surface area contributed by atoms with Crippen molar-refractivity contribution in [2.45, 2.75) is 26.6 Å². The molecule has 0 fully saturated rings. The van der Waals surface area contributed by atoms with Crippen LogP contribution in [0, 0.1) is 13.8 Å². The standard InChI is InChI=1S/C26H19F3N4O3/c1-15-7-8-16(2)21(13-15)33-24(34)19-5-3-4-6-20(19)32(25(33)35)14-22-30-23(31-36-22)17-9-11-18(12-10-17)26(27,28)29/h3-13H,14H2,1-2H3. The molecule has 0 aliphatic carbocycles. The number of hydrogen-bond donors (Lipinski definition) is 0. The first-order valence-corrected chi connectivity index (χ1v) is 11.0. The summed E-state index contributed by atoms with van der Waals surface area (Å²) in [5.74, 6) is 0.141. The molecule has 0 unspecified atom stereocenters. The molecule has 0 aliphatic heterocycles. The molecule has 0 atom stereocenters. The molecule has 0 saturated heterocycles. The van der Waals surface area contributed by atoms with Gasteiger partial charge in [0, 0.05) is 5.56 Å². The Bertz CT molecular complexity index is 1710. The molecule has 2 heterocycles. The van der Waals surface area contributed by atoms with E-state index in [4.69, 9.17) is 4.52 Å². The van der Waals surface area contributed by atoms with Crippen LogP contribution in [-0.2, 0) is 12.7 Å². The number of halogens is 3. The number of nitrogens with zero attached hydrogens (tertiary/aromatic N) is 4. The Morgan fingerprint density at radius 3 is 2.39 bits per heavy atom. The Hall–Kier alpha value is -4.47. The SMILES string of the molecule is Cc1ccc(C)c(-n2c(=O)c3ccccc3n(Cc3nc(-c4ccc(C(F)(F)F)cc4)no3)c2=O)c1. The van der Waals surface area contributed by atoms with Crippen LogP contribution >= 0.6 is 0 Å². The molecule has 0 saturated carbocycles. The second kappa shape index (κ2) is 8.63. The van der Waals surface area contributed by atoms with Gasteiger partial charge in [-0.15, -0.1) is 0 Å². The highest BCUT2D eigenvalue weighted by Gasteiger charge is 2.30. The second-order valence-corrected chi connectivity index (χ2v) is 8.40. The van der Waals surface area contributed by atoms with Crippen LogP contribution in [0.4, 0.5) is 13.2 Å². The van der Waals surface area contributed by atoms with Gasteiger partial charge >= 0.3 is 11.9 Å². The third-order valence-electron chi connectivity index (χ3n) is 5.89. The number of rotatable bonds is 4. The highest BCUT2D eigenvalue weighted by atomic mass is 19.4. The van der Waals surface area contributed by atoms with Gasteiger partial charge in [-0.1, -0.05) is 41.6 Å². The van der Waals surface area contributed by atoms with E-state index in [9.17, 15) is 22.8 Å². The van der Waals surface area contributed by atoms with Gasteiger partial charge in [-0.05, 0) is 55.3 Å². The van der Waals surface area contributed by atoms with Gasteiger partial charge in [0.05, 0.1) is 22.2 Å². The summed E-state index contributed by atoms with van der Waals surface area (Å²) in [4.78, 5) is 31.2. The average Bonchev–Trinajstić information content (AvgIpc) is 3.32. The normalized spacial score (nSPS) is 11.8. The molecule has 7 nitrogen and oxygen atoms in total. The monoisotopic (exact) mass is 492 g/mol. The van der Waals surface area contributed by atoms with Crippen molar-refractivity contribution in [2.24, 2.45) is 0 Å². The number of alkyl halides is 3. The van der Waals surface area contributed by atoms with Crippen molar-refractivity contribution in [3.8, 4) is 17.1 Å². The lowest BCUT2D eigenvalue weighted by Gasteiger charge is -2.14. The predicted octanol–water partition coefficient (Wildman–Crippen LogP) is 4.89. The Labute approximate surface area is 202 Å². The Kier molecular flexibility index (Phi) is 5.58. The van der Waals surface area contributed by atoms with Gasteiger partial charge in [-0.25, -0.2) is 9.36 Å². The summed E-state index contributed by atoms with van der Waals surface area (Å²) in [6, 6.07) is 16.6. The van der Waals surface area contributed by atoms with Crippen molar-refractivity contribution in [1.29, 1.82) is 0 Å². The highest BCUT2D eigenvalue weighted by Crippen LogP contribution is 2.30. The van der Waals surface area contributed by atoms with Gasteiger partial charge in [0.2, 0.25) is 11.7 Å². The number of para-hydroxylation sites is 1. The maximum Gasteiger partial charge on any atom is 0.416 e. The van der Waals surface area contributed by atoms with Gasteiger partial charge in [-0.2, -0.15) is 18.2 Å². The van der Waals surface area contributed by atoms with E-state index in [-0.39, 0.29) is 18.3 Å². The number of aryl methyl sites for hydroxylation is 2. The van der Waals surface area contributed by atoms with Crippen molar-refractivity contribution in [2.75, 3.05) is 0 Å². The van der Waals surface area contributed by atoms with Crippen LogP contribution in [0.15, 0.2) is 80.8 Å². The molecule has 0 spiro atoms. The van der Waals surface area contributed by atoms with Gasteiger partial charge in [0.1, 0.15) is 6.54 Å². The maximum atomic E-state index is 13.6. The first-order chi connectivity index (χ1) is 17.1. The molecular formula is C26H19F3N4O3. The lowest BCUT2D eigenvalue weighted by molar-refractivity contribution is -0.137. The molecule has 10 heteroatoms. The van der Waals surface area contributed by atoms with Gasteiger partial charge in [0.15, 0.2) is 0 Å². The molecule has 3 aromatic carbocycles. The van der Waals surface area contributed by atoms with Crippen molar-refractivity contribution in [3.63, 3.8) is 0 Å². The van der Waals surface area contributed by atoms with Crippen LogP contribution in [0.25, 0.3) is 28.0 Å². The molecule has 0 N–H and O–H groups in total. The van der Waals surface area contributed by atoms with Crippen molar-refractivity contribution in [3.05, 3.63) is 110 Å². The fourth-order valence-electron chi connectivity index (χ4n) is 4.03. The average molecular weight is 492 g/mol. The molecule has 0 aliphatic rings. The fourth-order valence-corrected chi connectivity index (χ4v) is 4.03. The molecule has 5 rings (SSSR count). The third-order valence-corrected chi connectivity index (χ3v) is 5.89. The fraction of sp³-hybridized carbons (Fsp3) is 0.154. The van der Waals surface area contributed by atoms with E-state index >= 15 is 0 Å². The molecule has 5 aromatic rings. The van der Waals surface area contributed by atoms with E-state index in [1.807, 2.05) is 26.0 Å². The van der Waals surface area contributed by atoms with Crippen molar-refractivity contribution < 1.29 is 17.7 Å². The molecule has 182 valence electrons. The number of benzene rings is 3. The summed E-state index contributed by atoms with van der Waals surface area (Å²) in [6.45, 7) is 3.54. The second-order valence-electron chi connectivity index (χ2n) is 8.40. The van der Waals surface area contributed by atoms with E-state index in [1.165, 1.54) is 16.7 Å². The summed E-state index contributed by atoms with van der Waals surface area (Å²) in [7, 11) is 0. The summed E-state index contributed by atoms with van der Waals surface area (Å²) < 4.78 is 46.4.